The Morgan fingerprint density at radius 2 is 1.82 bits per heavy atom. The molecule has 0 N–H and O–H groups in total. The molecule has 0 aromatic carbocycles. The Hall–Kier alpha value is -0.750. The van der Waals surface area contributed by atoms with Gasteiger partial charge in [-0.25, -0.2) is 0 Å². The standard InChI is InChI=1S/C9H12B2N4S2/c1-4-5-12-15-8(16-5)11-9(2,3)6-13-14-7(10-4)17-6/h4,10-11H,1-3H3. The van der Waals surface area contributed by atoms with Crippen molar-refractivity contribution in [3.05, 3.63) is 10.0 Å². The average molecular weight is 262 g/mol. The van der Waals surface area contributed by atoms with Crippen LogP contribution in [0, 0.1) is 0 Å². The molecule has 3 rings (SSSR count). The zero-order valence-corrected chi connectivity index (χ0v) is 11.7. The molecule has 0 spiro atoms. The molecule has 86 valence electrons. The Kier molecular flexibility index (Phi) is 2.59. The molecular formula is C9H12B2N4S2. The molecule has 8 heteroatoms. The maximum absolute atomic E-state index is 4.34. The quantitative estimate of drug-likeness (QED) is 0.602. The molecule has 0 radical (unpaired) electrons. The molecule has 1 aliphatic rings. The van der Waals surface area contributed by atoms with Gasteiger partial charge in [0.1, 0.15) is 10.0 Å². The van der Waals surface area contributed by atoms with Crippen LogP contribution in [0.2, 0.25) is 0 Å². The molecular weight excluding hydrogens is 250 g/mol. The molecule has 0 saturated carbocycles. The highest BCUT2D eigenvalue weighted by Gasteiger charge is 2.31. The van der Waals surface area contributed by atoms with Crippen molar-refractivity contribution in [3.63, 3.8) is 0 Å². The number of fused-ring (bicyclic) bond motifs is 4. The van der Waals surface area contributed by atoms with Gasteiger partial charge in [-0.15, -0.1) is 32.9 Å². The summed E-state index contributed by atoms with van der Waals surface area (Å²) in [5.74, 6) is 0.392. The monoisotopic (exact) mass is 262 g/mol. The first-order chi connectivity index (χ1) is 8.04. The highest BCUT2D eigenvalue weighted by atomic mass is 32.1. The minimum Gasteiger partial charge on any atom is -0.155 e. The van der Waals surface area contributed by atoms with Crippen LogP contribution in [0.5, 0.6) is 0 Å². The van der Waals surface area contributed by atoms with E-state index in [1.54, 1.807) is 22.7 Å². The van der Waals surface area contributed by atoms with Crippen LogP contribution in [-0.4, -0.2) is 35.0 Å². The molecule has 17 heavy (non-hydrogen) atoms. The normalized spacial score (nSPS) is 21.5. The summed E-state index contributed by atoms with van der Waals surface area (Å²) in [5, 5.41) is 19.5. The van der Waals surface area contributed by atoms with Crippen molar-refractivity contribution in [2.75, 3.05) is 0 Å². The van der Waals surface area contributed by atoms with Crippen LogP contribution >= 0.6 is 22.7 Å². The van der Waals surface area contributed by atoms with Crippen LogP contribution in [0.1, 0.15) is 36.6 Å². The molecule has 3 heterocycles. The fourth-order valence-corrected chi connectivity index (χ4v) is 4.14. The average Bonchev–Trinajstić information content (AvgIpc) is 2.85. The van der Waals surface area contributed by atoms with E-state index in [2.05, 4.69) is 41.2 Å². The largest absolute Gasteiger partial charge is 0.211 e. The second-order valence-corrected chi connectivity index (χ2v) is 7.36. The lowest BCUT2D eigenvalue weighted by Gasteiger charge is -2.18. The van der Waals surface area contributed by atoms with Crippen LogP contribution in [0.15, 0.2) is 0 Å². The first-order valence-electron chi connectivity index (χ1n) is 5.70. The molecule has 2 aromatic rings. The maximum atomic E-state index is 4.34. The lowest BCUT2D eigenvalue weighted by Crippen LogP contribution is -2.34. The zero-order valence-electron chi connectivity index (χ0n) is 10.1. The summed E-state index contributed by atoms with van der Waals surface area (Å²) < 4.78 is 0. The SMILES string of the molecule is CC1Bc2nnc(s2)C(C)(C)Bc2nnc1s2. The first kappa shape index (κ1) is 11.3. The number of hydrogen-bond donors (Lipinski definition) is 0. The maximum Gasteiger partial charge on any atom is 0.211 e. The number of nitrogens with zero attached hydrogens (tertiary/aromatic N) is 4. The van der Waals surface area contributed by atoms with Crippen LogP contribution < -0.4 is 9.81 Å². The molecule has 0 fully saturated rings. The van der Waals surface area contributed by atoms with E-state index in [1.165, 1.54) is 0 Å². The molecule has 4 nitrogen and oxygen atoms in total. The predicted octanol–water partition coefficient (Wildman–Crippen LogP) is -0.477. The van der Waals surface area contributed by atoms with Crippen LogP contribution in [-0.2, 0) is 5.31 Å². The predicted molar refractivity (Wildman–Crippen MR) is 74.8 cm³/mol. The summed E-state index contributed by atoms with van der Waals surface area (Å²) in [6.07, 6.45) is 0. The summed E-state index contributed by atoms with van der Waals surface area (Å²) in [4.78, 5) is 2.22. The van der Waals surface area contributed by atoms with Crippen LogP contribution in [0.4, 0.5) is 0 Å². The number of hydrogen-bond acceptors (Lipinski definition) is 6. The first-order valence-corrected chi connectivity index (χ1v) is 7.33. The van der Waals surface area contributed by atoms with Crippen molar-refractivity contribution in [2.24, 2.45) is 0 Å². The zero-order chi connectivity index (χ0) is 12.0. The van der Waals surface area contributed by atoms with E-state index in [9.17, 15) is 0 Å². The summed E-state index contributed by atoms with van der Waals surface area (Å²) >= 11 is 3.46. The van der Waals surface area contributed by atoms with Gasteiger partial charge in [-0.3, -0.25) is 0 Å². The van der Waals surface area contributed by atoms with Crippen molar-refractivity contribution in [1.29, 1.82) is 0 Å². The highest BCUT2D eigenvalue weighted by Crippen LogP contribution is 2.25. The minimum atomic E-state index is 0.00724. The van der Waals surface area contributed by atoms with Crippen molar-refractivity contribution in [2.45, 2.75) is 31.9 Å². The van der Waals surface area contributed by atoms with E-state index in [4.69, 9.17) is 0 Å². The molecule has 0 aliphatic carbocycles. The van der Waals surface area contributed by atoms with Crippen molar-refractivity contribution in [1.82, 2.24) is 20.4 Å². The van der Waals surface area contributed by atoms with Gasteiger partial charge in [-0.2, -0.15) is 10.2 Å². The Morgan fingerprint density at radius 1 is 1.06 bits per heavy atom. The molecule has 0 saturated heterocycles. The Bertz CT molecular complexity index is 551. The van der Waals surface area contributed by atoms with Crippen LogP contribution in [0.25, 0.3) is 0 Å². The van der Waals surface area contributed by atoms with Gasteiger partial charge in [-0.1, -0.05) is 20.8 Å². The molecule has 4 bridgehead atoms. The van der Waals surface area contributed by atoms with Gasteiger partial charge in [0.15, 0.2) is 0 Å². The van der Waals surface area contributed by atoms with E-state index >= 15 is 0 Å². The van der Waals surface area contributed by atoms with E-state index < -0.39 is 0 Å². The van der Waals surface area contributed by atoms with Gasteiger partial charge in [0.25, 0.3) is 0 Å². The van der Waals surface area contributed by atoms with Gasteiger partial charge >= 0.3 is 0 Å². The van der Waals surface area contributed by atoms with E-state index in [0.717, 1.165) is 34.4 Å². The highest BCUT2D eigenvalue weighted by molar-refractivity contribution is 7.23. The minimum absolute atomic E-state index is 0.00724. The molecule has 1 atom stereocenters. The molecule has 1 aliphatic heterocycles. The van der Waals surface area contributed by atoms with Crippen LogP contribution in [0.3, 0.4) is 0 Å². The summed E-state index contributed by atoms with van der Waals surface area (Å²) in [7, 11) is 1.81. The third-order valence-corrected chi connectivity index (χ3v) is 5.49. The van der Waals surface area contributed by atoms with Gasteiger partial charge in [-0.05, 0) is 5.82 Å². The third kappa shape index (κ3) is 2.04. The second-order valence-electron chi connectivity index (χ2n) is 5.20. The summed E-state index contributed by atoms with van der Waals surface area (Å²) in [6, 6.07) is 0. The van der Waals surface area contributed by atoms with Crippen molar-refractivity contribution >= 4 is 47.0 Å². The third-order valence-electron chi connectivity index (χ3n) is 3.02. The van der Waals surface area contributed by atoms with Crippen molar-refractivity contribution in [3.8, 4) is 0 Å². The van der Waals surface area contributed by atoms with Gasteiger partial charge in [0.2, 0.25) is 14.6 Å². The van der Waals surface area contributed by atoms with Gasteiger partial charge in [0.05, 0.1) is 9.81 Å². The molecule has 2 aromatic heterocycles. The van der Waals surface area contributed by atoms with E-state index in [1.807, 2.05) is 0 Å². The van der Waals surface area contributed by atoms with E-state index in [-0.39, 0.29) is 5.31 Å². The Labute approximate surface area is 109 Å². The van der Waals surface area contributed by atoms with Crippen molar-refractivity contribution < 1.29 is 0 Å². The number of aromatic nitrogens is 4. The summed E-state index contributed by atoms with van der Waals surface area (Å²) in [5.41, 5.74) is 0. The fourth-order valence-electron chi connectivity index (χ4n) is 1.95. The van der Waals surface area contributed by atoms with Gasteiger partial charge < -0.3 is 0 Å². The van der Waals surface area contributed by atoms with E-state index in [0.29, 0.717) is 5.82 Å². The number of rotatable bonds is 0. The topological polar surface area (TPSA) is 51.6 Å². The lowest BCUT2D eigenvalue weighted by atomic mass is 9.55. The molecule has 1 unspecified atom stereocenters. The fraction of sp³-hybridized carbons (Fsp3) is 0.556. The lowest BCUT2D eigenvalue weighted by molar-refractivity contribution is 0.730. The Morgan fingerprint density at radius 3 is 2.65 bits per heavy atom. The summed E-state index contributed by atoms with van der Waals surface area (Å²) in [6.45, 7) is 6.57. The smallest absolute Gasteiger partial charge is 0.155 e. The second kappa shape index (κ2) is 3.88. The van der Waals surface area contributed by atoms with Gasteiger partial charge in [0, 0.05) is 5.31 Å². The molecule has 0 amide bonds. The Balaban J connectivity index is 2.09.